The van der Waals surface area contributed by atoms with Crippen LogP contribution in [0.2, 0.25) is 0 Å². The van der Waals surface area contributed by atoms with E-state index in [1.165, 1.54) is 23.0 Å². The van der Waals surface area contributed by atoms with Gasteiger partial charge in [0.25, 0.3) is 0 Å². The number of fused-ring (bicyclic) bond motifs is 2. The van der Waals surface area contributed by atoms with Crippen LogP contribution in [0.25, 0.3) is 33.2 Å². The molecule has 5 heterocycles. The van der Waals surface area contributed by atoms with Crippen LogP contribution < -0.4 is 11.0 Å². The maximum Gasteiger partial charge on any atom is 0.504 e. The number of aromatic amines is 1. The first kappa shape index (κ1) is 24.1. The highest BCUT2D eigenvalue weighted by Crippen LogP contribution is 2.34. The summed E-state index contributed by atoms with van der Waals surface area (Å²) in [7, 11) is 0. The van der Waals surface area contributed by atoms with Crippen LogP contribution in [0.1, 0.15) is 31.7 Å². The number of aliphatic hydroxyl groups is 3. The predicted octanol–water partition coefficient (Wildman–Crippen LogP) is 2.82. The number of halogens is 3. The number of nitrogens with one attached hydrogen (secondary N) is 2. The molecule has 0 saturated heterocycles. The number of hydrogen-bond donors (Lipinski definition) is 5. The smallest absolute Gasteiger partial charge is 0.359 e. The first-order valence-corrected chi connectivity index (χ1v) is 11.7. The molecule has 15 heteroatoms. The molecule has 5 aromatic heterocycles. The van der Waals surface area contributed by atoms with E-state index in [1.807, 2.05) is 0 Å². The van der Waals surface area contributed by atoms with E-state index in [1.54, 1.807) is 12.1 Å². The van der Waals surface area contributed by atoms with E-state index in [0.717, 1.165) is 38.1 Å². The number of nitrogens with zero attached hydrogens (tertiary/aromatic N) is 6. The zero-order valence-corrected chi connectivity index (χ0v) is 19.5. The molecule has 1 aliphatic rings. The lowest BCUT2D eigenvalue weighted by atomic mass is 10.1. The third-order valence-electron chi connectivity index (χ3n) is 6.68. The Morgan fingerprint density at radius 1 is 1.05 bits per heavy atom. The Morgan fingerprint density at radius 3 is 2.50 bits per heavy atom. The molecule has 1 saturated carbocycles. The monoisotopic (exact) mass is 530 g/mol. The first-order chi connectivity index (χ1) is 18.0. The summed E-state index contributed by atoms with van der Waals surface area (Å²) < 4.78 is 40.8. The van der Waals surface area contributed by atoms with Crippen LogP contribution in [-0.4, -0.2) is 49.2 Å². The van der Waals surface area contributed by atoms with Crippen molar-refractivity contribution >= 4 is 33.7 Å². The lowest BCUT2D eigenvalue weighted by Crippen LogP contribution is -2.41. The van der Waals surface area contributed by atoms with E-state index in [2.05, 4.69) is 25.4 Å². The summed E-state index contributed by atoms with van der Waals surface area (Å²) in [5, 5.41) is 35.8. The van der Waals surface area contributed by atoms with Gasteiger partial charge in [0.15, 0.2) is 0 Å². The van der Waals surface area contributed by atoms with E-state index >= 15 is 0 Å². The molecule has 38 heavy (non-hydrogen) atoms. The summed E-state index contributed by atoms with van der Waals surface area (Å²) in [4.78, 5) is 24.8. The molecule has 0 bridgehead atoms. The van der Waals surface area contributed by atoms with E-state index < -0.39 is 18.1 Å². The molecule has 198 valence electrons. The van der Waals surface area contributed by atoms with Gasteiger partial charge in [0.05, 0.1) is 34.5 Å². The quantitative estimate of drug-likeness (QED) is 0.217. The highest BCUT2D eigenvalue weighted by Gasteiger charge is 2.33. The molecule has 0 amide bonds. The zero-order valence-electron chi connectivity index (χ0n) is 19.5. The molecular formula is C23H21F3N8O4. The zero-order chi connectivity index (χ0) is 26.8. The largest absolute Gasteiger partial charge is 0.504 e. The van der Waals surface area contributed by atoms with E-state index in [4.69, 9.17) is 0 Å². The number of rotatable bonds is 5. The van der Waals surface area contributed by atoms with Crippen molar-refractivity contribution in [1.29, 1.82) is 0 Å². The molecule has 12 nitrogen and oxygen atoms in total. The molecule has 1 aliphatic carbocycles. The second-order valence-electron chi connectivity index (χ2n) is 9.15. The van der Waals surface area contributed by atoms with Crippen LogP contribution in [0.15, 0.2) is 47.8 Å². The lowest BCUT2D eigenvalue weighted by molar-refractivity contribution is -0.374. The molecule has 1 fully saturated rings. The summed E-state index contributed by atoms with van der Waals surface area (Å²) in [6.45, 7) is 0. The molecule has 0 aliphatic heterocycles. The van der Waals surface area contributed by atoms with Gasteiger partial charge in [-0.1, -0.05) is 12.8 Å². The highest BCUT2D eigenvalue weighted by molar-refractivity contribution is 5.93. The number of imidazole rings is 1. The van der Waals surface area contributed by atoms with Gasteiger partial charge in [-0.15, -0.1) is 13.2 Å². The molecule has 5 aromatic rings. The van der Waals surface area contributed by atoms with Crippen molar-refractivity contribution in [1.82, 2.24) is 33.9 Å². The fraction of sp³-hybridized carbons (Fsp3) is 0.304. The molecule has 0 radical (unpaired) electrons. The maximum atomic E-state index is 13.0. The van der Waals surface area contributed by atoms with Gasteiger partial charge in [0.2, 0.25) is 0 Å². The number of aromatic nitrogens is 7. The average Bonchev–Trinajstić information content (AvgIpc) is 3.62. The van der Waals surface area contributed by atoms with Crippen molar-refractivity contribution in [3.8, 4) is 11.1 Å². The van der Waals surface area contributed by atoms with E-state index in [-0.39, 0.29) is 27.6 Å². The third kappa shape index (κ3) is 4.00. The van der Waals surface area contributed by atoms with Crippen LogP contribution in [0, 0.1) is 0 Å². The van der Waals surface area contributed by atoms with Crippen molar-refractivity contribution in [3.63, 3.8) is 0 Å². The Bertz CT molecular complexity index is 1720. The molecule has 0 spiro atoms. The number of alkyl halides is 3. The molecule has 0 unspecified atom stereocenters. The number of anilines is 2. The fourth-order valence-corrected chi connectivity index (χ4v) is 5.01. The highest BCUT2D eigenvalue weighted by atomic mass is 19.4. The molecule has 0 aromatic carbocycles. The van der Waals surface area contributed by atoms with Crippen LogP contribution in [0.3, 0.4) is 0 Å². The van der Waals surface area contributed by atoms with E-state index in [9.17, 15) is 33.3 Å². The molecule has 5 N–H and O–H groups in total. The van der Waals surface area contributed by atoms with Gasteiger partial charge >= 0.3 is 18.1 Å². The second kappa shape index (κ2) is 8.41. The number of pyridine rings is 2. The van der Waals surface area contributed by atoms with Gasteiger partial charge in [-0.05, 0) is 25.0 Å². The van der Waals surface area contributed by atoms with Gasteiger partial charge in [0, 0.05) is 35.6 Å². The van der Waals surface area contributed by atoms with Crippen molar-refractivity contribution in [2.45, 2.75) is 44.1 Å². The Kier molecular flexibility index (Phi) is 5.34. The van der Waals surface area contributed by atoms with Crippen molar-refractivity contribution in [2.24, 2.45) is 0 Å². The van der Waals surface area contributed by atoms with Gasteiger partial charge in [-0.2, -0.15) is 9.78 Å². The summed E-state index contributed by atoms with van der Waals surface area (Å²) >= 11 is 0. The van der Waals surface area contributed by atoms with Crippen LogP contribution in [0.5, 0.6) is 0 Å². The second-order valence-corrected chi connectivity index (χ2v) is 9.15. The molecule has 6 rings (SSSR count). The van der Waals surface area contributed by atoms with Crippen LogP contribution in [0.4, 0.5) is 24.8 Å². The van der Waals surface area contributed by atoms with E-state index in [0.29, 0.717) is 32.5 Å². The maximum absolute atomic E-state index is 13.0. The van der Waals surface area contributed by atoms with Gasteiger partial charge in [-0.3, -0.25) is 4.57 Å². The minimum absolute atomic E-state index is 0.0259. The van der Waals surface area contributed by atoms with Crippen LogP contribution in [-0.2, 0) is 12.4 Å². The SMILES string of the molecule is O=c1n(C2CCCC2)c2cc(Nc3ccc4[nH]cc(-c5cnn(C(F)(F)F)c5)c4n3)ncc2n1C(O)(O)O. The Morgan fingerprint density at radius 2 is 1.82 bits per heavy atom. The average molecular weight is 530 g/mol. The summed E-state index contributed by atoms with van der Waals surface area (Å²) in [6, 6.07) is 4.69. The third-order valence-corrected chi connectivity index (χ3v) is 6.68. The number of H-pyrrole nitrogens is 1. The molecular weight excluding hydrogens is 509 g/mol. The predicted molar refractivity (Wildman–Crippen MR) is 128 cm³/mol. The van der Waals surface area contributed by atoms with Crippen molar-refractivity contribution in [2.75, 3.05) is 5.32 Å². The van der Waals surface area contributed by atoms with Gasteiger partial charge in [0.1, 0.15) is 11.6 Å². The minimum atomic E-state index is -4.64. The first-order valence-electron chi connectivity index (χ1n) is 11.7. The van der Waals surface area contributed by atoms with Gasteiger partial charge in [-0.25, -0.2) is 19.3 Å². The number of hydrogen-bond acceptors (Lipinski definition) is 8. The Labute approximate surface area is 210 Å². The Hall–Kier alpha value is -4.21. The standard InChI is InChI=1S/C23H21F3N8O4/c24-22(25,26)32-11-12(8-29-32)14-9-27-15-5-6-18(31-20(14)15)30-19-7-16-17(10-28-19)34(23(36,37)38)21(35)33(16)13-3-1-2-4-13/h5-11,13,27,36-38H,1-4H2,(H,28,30,31). The summed E-state index contributed by atoms with van der Waals surface area (Å²) in [6.07, 6.45) is -0.0503. The minimum Gasteiger partial charge on any atom is -0.359 e. The fourth-order valence-electron chi connectivity index (χ4n) is 5.01. The van der Waals surface area contributed by atoms with Crippen molar-refractivity contribution in [3.05, 3.63) is 53.5 Å². The molecule has 0 atom stereocenters. The topological polar surface area (TPSA) is 159 Å². The lowest BCUT2D eigenvalue weighted by Gasteiger charge is -2.15. The van der Waals surface area contributed by atoms with Gasteiger partial charge < -0.3 is 25.6 Å². The van der Waals surface area contributed by atoms with Crippen molar-refractivity contribution < 1.29 is 28.5 Å². The summed E-state index contributed by atoms with van der Waals surface area (Å²) in [5.41, 5.74) is 1.21. The van der Waals surface area contributed by atoms with Crippen LogP contribution >= 0.6 is 0 Å². The Balaban J connectivity index is 1.39. The normalized spacial score (nSPS) is 15.2. The summed E-state index contributed by atoms with van der Waals surface area (Å²) in [5.74, 6) is 0.595.